The van der Waals surface area contributed by atoms with Gasteiger partial charge in [-0.3, -0.25) is 4.90 Å². The predicted octanol–water partition coefficient (Wildman–Crippen LogP) is 2.93. The zero-order valence-corrected chi connectivity index (χ0v) is 15.0. The first-order valence-corrected chi connectivity index (χ1v) is 9.37. The number of rotatable bonds is 6. The molecule has 1 unspecified atom stereocenters. The van der Waals surface area contributed by atoms with Gasteiger partial charge in [-0.05, 0) is 56.5 Å². The molecule has 1 saturated heterocycles. The molecule has 2 aliphatic rings. The van der Waals surface area contributed by atoms with E-state index >= 15 is 0 Å². The van der Waals surface area contributed by atoms with Crippen LogP contribution in [0.3, 0.4) is 0 Å². The molecule has 25 heavy (non-hydrogen) atoms. The molecule has 2 heterocycles. The largest absolute Gasteiger partial charge is 0.497 e. The van der Waals surface area contributed by atoms with Crippen molar-refractivity contribution in [3.63, 3.8) is 0 Å². The number of methoxy groups -OCH3 is 1. The van der Waals surface area contributed by atoms with Crippen LogP contribution >= 0.6 is 0 Å². The average molecular weight is 341 g/mol. The Morgan fingerprint density at radius 2 is 2.04 bits per heavy atom. The Morgan fingerprint density at radius 3 is 2.80 bits per heavy atom. The van der Waals surface area contributed by atoms with Crippen molar-refractivity contribution < 1.29 is 9.26 Å². The van der Waals surface area contributed by atoms with Crippen molar-refractivity contribution in [1.29, 1.82) is 0 Å². The van der Waals surface area contributed by atoms with Crippen molar-refractivity contribution in [2.45, 2.75) is 51.2 Å². The second-order valence-corrected chi connectivity index (χ2v) is 7.18. The summed E-state index contributed by atoms with van der Waals surface area (Å²) < 4.78 is 10.8. The number of likely N-dealkylation sites (tertiary alicyclic amines) is 1. The molecule has 4 rings (SSSR count). The lowest BCUT2D eigenvalue weighted by atomic mass is 9.91. The molecule has 1 aromatic carbocycles. The van der Waals surface area contributed by atoms with Gasteiger partial charge >= 0.3 is 0 Å². The number of hydrogen-bond acceptors (Lipinski definition) is 5. The monoisotopic (exact) mass is 341 g/mol. The first-order chi connectivity index (χ1) is 12.3. The molecule has 0 radical (unpaired) electrons. The van der Waals surface area contributed by atoms with Crippen LogP contribution in [0.15, 0.2) is 28.8 Å². The summed E-state index contributed by atoms with van der Waals surface area (Å²) in [4.78, 5) is 2.49. The van der Waals surface area contributed by atoms with Gasteiger partial charge in [0.1, 0.15) is 17.2 Å². The van der Waals surface area contributed by atoms with E-state index in [1.807, 2.05) is 12.1 Å². The van der Waals surface area contributed by atoms with E-state index in [9.17, 15) is 0 Å². The van der Waals surface area contributed by atoms with Gasteiger partial charge in [0.05, 0.1) is 7.11 Å². The molecule has 1 aromatic heterocycles. The van der Waals surface area contributed by atoms with Gasteiger partial charge < -0.3 is 14.6 Å². The molecular formula is C20H27N3O2. The number of fused-ring (bicyclic) bond motifs is 1. The minimum absolute atomic E-state index is 0.492. The predicted molar refractivity (Wildman–Crippen MR) is 96.7 cm³/mol. The van der Waals surface area contributed by atoms with Crippen molar-refractivity contribution in [3.8, 4) is 5.75 Å². The summed E-state index contributed by atoms with van der Waals surface area (Å²) in [6.07, 6.45) is 5.75. The van der Waals surface area contributed by atoms with E-state index in [-0.39, 0.29) is 0 Å². The maximum Gasteiger partial charge on any atom is 0.140 e. The maximum absolute atomic E-state index is 5.62. The van der Waals surface area contributed by atoms with Gasteiger partial charge in [-0.2, -0.15) is 0 Å². The molecule has 1 atom stereocenters. The minimum Gasteiger partial charge on any atom is -0.497 e. The van der Waals surface area contributed by atoms with Gasteiger partial charge in [-0.1, -0.05) is 17.3 Å². The van der Waals surface area contributed by atoms with Crippen molar-refractivity contribution in [2.24, 2.45) is 0 Å². The Kier molecular flexibility index (Phi) is 5.04. The smallest absolute Gasteiger partial charge is 0.140 e. The Labute approximate surface area is 149 Å². The highest BCUT2D eigenvalue weighted by molar-refractivity contribution is 5.28. The molecule has 1 aliphatic carbocycles. The van der Waals surface area contributed by atoms with Crippen LogP contribution in [0.25, 0.3) is 0 Å². The van der Waals surface area contributed by atoms with E-state index in [0.29, 0.717) is 6.04 Å². The summed E-state index contributed by atoms with van der Waals surface area (Å²) in [5.41, 5.74) is 3.80. The minimum atomic E-state index is 0.492. The second-order valence-electron chi connectivity index (χ2n) is 7.18. The van der Waals surface area contributed by atoms with Crippen molar-refractivity contribution in [3.05, 3.63) is 46.8 Å². The van der Waals surface area contributed by atoms with Crippen LogP contribution in [0.4, 0.5) is 0 Å². The topological polar surface area (TPSA) is 50.5 Å². The number of nitrogens with zero attached hydrogens (tertiary/aromatic N) is 2. The normalized spacial score (nSPS) is 20.6. The Morgan fingerprint density at radius 1 is 1.24 bits per heavy atom. The molecule has 0 bridgehead atoms. The fourth-order valence-electron chi connectivity index (χ4n) is 3.92. The SMILES string of the molecule is COc1ccc(CNC2CCc3onc(CN4CCCC4)c3C2)cc1. The average Bonchev–Trinajstić information content (AvgIpc) is 3.31. The number of aromatic nitrogens is 1. The Bertz CT molecular complexity index is 689. The number of nitrogens with one attached hydrogen (secondary N) is 1. The Balaban J connectivity index is 1.35. The quantitative estimate of drug-likeness (QED) is 0.875. The highest BCUT2D eigenvalue weighted by Crippen LogP contribution is 2.26. The first-order valence-electron chi connectivity index (χ1n) is 9.37. The zero-order valence-electron chi connectivity index (χ0n) is 15.0. The van der Waals surface area contributed by atoms with Gasteiger partial charge in [-0.15, -0.1) is 0 Å². The number of hydrogen-bond donors (Lipinski definition) is 1. The van der Waals surface area contributed by atoms with Crippen LogP contribution in [0.1, 0.15) is 41.8 Å². The summed E-state index contributed by atoms with van der Waals surface area (Å²) in [6, 6.07) is 8.77. The van der Waals surface area contributed by atoms with Crippen LogP contribution in [-0.4, -0.2) is 36.3 Å². The molecule has 5 nitrogen and oxygen atoms in total. The molecule has 134 valence electrons. The van der Waals surface area contributed by atoms with E-state index in [2.05, 4.69) is 27.5 Å². The summed E-state index contributed by atoms with van der Waals surface area (Å²) in [6.45, 7) is 4.22. The van der Waals surface area contributed by atoms with E-state index in [4.69, 9.17) is 9.26 Å². The van der Waals surface area contributed by atoms with Crippen LogP contribution in [0, 0.1) is 0 Å². The lowest BCUT2D eigenvalue weighted by Crippen LogP contribution is -2.34. The zero-order chi connectivity index (χ0) is 17.1. The molecule has 1 aliphatic heterocycles. The van der Waals surface area contributed by atoms with Crippen LogP contribution in [0.5, 0.6) is 5.75 Å². The van der Waals surface area contributed by atoms with E-state index in [1.165, 1.54) is 37.1 Å². The first kappa shape index (κ1) is 16.6. The number of aryl methyl sites for hydroxylation is 1. The third-order valence-electron chi connectivity index (χ3n) is 5.45. The highest BCUT2D eigenvalue weighted by atomic mass is 16.5. The van der Waals surface area contributed by atoms with Crippen molar-refractivity contribution in [2.75, 3.05) is 20.2 Å². The highest BCUT2D eigenvalue weighted by Gasteiger charge is 2.26. The summed E-state index contributed by atoms with van der Waals surface area (Å²) in [5.74, 6) is 2.01. The molecule has 1 fully saturated rings. The van der Waals surface area contributed by atoms with Gasteiger partial charge in [0, 0.05) is 31.1 Å². The lowest BCUT2D eigenvalue weighted by molar-refractivity contribution is 0.309. The second kappa shape index (κ2) is 7.58. The van der Waals surface area contributed by atoms with E-state index in [0.717, 1.165) is 49.6 Å². The molecule has 2 aromatic rings. The molecule has 0 saturated carbocycles. The molecule has 5 heteroatoms. The van der Waals surface area contributed by atoms with Crippen LogP contribution in [-0.2, 0) is 25.9 Å². The third kappa shape index (κ3) is 3.88. The maximum atomic E-state index is 5.62. The fraction of sp³-hybridized carbons (Fsp3) is 0.550. The van der Waals surface area contributed by atoms with Gasteiger partial charge in [0.25, 0.3) is 0 Å². The van der Waals surface area contributed by atoms with Gasteiger partial charge in [-0.25, -0.2) is 0 Å². The standard InChI is InChI=1S/C20H27N3O2/c1-24-17-7-4-15(5-8-17)13-21-16-6-9-20-18(12-16)19(22-25-20)14-23-10-2-3-11-23/h4-5,7-8,16,21H,2-3,6,9-14H2,1H3. The van der Waals surface area contributed by atoms with Crippen LogP contribution in [0.2, 0.25) is 0 Å². The van der Waals surface area contributed by atoms with E-state index < -0.39 is 0 Å². The van der Waals surface area contributed by atoms with Crippen molar-refractivity contribution in [1.82, 2.24) is 15.4 Å². The third-order valence-corrected chi connectivity index (χ3v) is 5.45. The molecule has 0 amide bonds. The number of ether oxygens (including phenoxy) is 1. The van der Waals surface area contributed by atoms with Gasteiger partial charge in [0.2, 0.25) is 0 Å². The summed E-state index contributed by atoms with van der Waals surface area (Å²) >= 11 is 0. The Hall–Kier alpha value is -1.85. The van der Waals surface area contributed by atoms with Crippen LogP contribution < -0.4 is 10.1 Å². The van der Waals surface area contributed by atoms with E-state index in [1.54, 1.807) is 7.11 Å². The molecule has 0 spiro atoms. The summed E-state index contributed by atoms with van der Waals surface area (Å²) in [7, 11) is 1.70. The number of benzene rings is 1. The summed E-state index contributed by atoms with van der Waals surface area (Å²) in [5, 5.41) is 8.08. The molecule has 1 N–H and O–H groups in total. The fourth-order valence-corrected chi connectivity index (χ4v) is 3.92. The lowest BCUT2D eigenvalue weighted by Gasteiger charge is -2.23. The molecular weight excluding hydrogens is 314 g/mol. The van der Waals surface area contributed by atoms with Crippen molar-refractivity contribution >= 4 is 0 Å². The van der Waals surface area contributed by atoms with Gasteiger partial charge in [0.15, 0.2) is 0 Å².